The summed E-state index contributed by atoms with van der Waals surface area (Å²) < 4.78 is 6.43. The van der Waals surface area contributed by atoms with Crippen molar-refractivity contribution in [3.05, 3.63) is 25.3 Å². The number of nitrogens with zero attached hydrogens (tertiary/aromatic N) is 3. The Morgan fingerprint density at radius 2 is 1.91 bits per heavy atom. The Hall–Kier alpha value is -2.19. The van der Waals surface area contributed by atoms with Gasteiger partial charge in [-0.3, -0.25) is 14.4 Å². The predicted octanol–water partition coefficient (Wildman–Crippen LogP) is 1.20. The van der Waals surface area contributed by atoms with Crippen molar-refractivity contribution in [2.75, 3.05) is 26.7 Å². The van der Waals surface area contributed by atoms with Gasteiger partial charge in [-0.1, -0.05) is 12.2 Å². The SMILES string of the molecule is C=CCN(C)C(=O)[C@@H]1[C@H]2C(=O)N([C@H](C)CO)C(C(=O)N(CC=C)C(C)(C)C)C23CC[C@H]1O3. The summed E-state index contributed by atoms with van der Waals surface area (Å²) in [5.74, 6) is -2.07. The summed E-state index contributed by atoms with van der Waals surface area (Å²) in [6, 6.07) is -1.47. The van der Waals surface area contributed by atoms with Crippen LogP contribution in [0.25, 0.3) is 0 Å². The van der Waals surface area contributed by atoms with Crippen molar-refractivity contribution in [2.24, 2.45) is 11.8 Å². The number of rotatable bonds is 8. The molecule has 0 aromatic carbocycles. The molecule has 8 heteroatoms. The van der Waals surface area contributed by atoms with Crippen molar-refractivity contribution in [2.45, 2.75) is 69.9 Å². The Bertz CT molecular complexity index is 806. The van der Waals surface area contributed by atoms with Gasteiger partial charge in [0.25, 0.3) is 0 Å². The number of amides is 3. The van der Waals surface area contributed by atoms with E-state index in [1.807, 2.05) is 20.8 Å². The molecule has 3 amide bonds. The number of hydrogen-bond donors (Lipinski definition) is 1. The maximum Gasteiger partial charge on any atom is 0.249 e. The molecular weight excluding hydrogens is 410 g/mol. The summed E-state index contributed by atoms with van der Waals surface area (Å²) in [7, 11) is 1.68. The maximum absolute atomic E-state index is 14.0. The Balaban J connectivity index is 2.09. The molecule has 3 aliphatic rings. The number of likely N-dealkylation sites (tertiary alicyclic amines) is 1. The van der Waals surface area contributed by atoms with Crippen molar-refractivity contribution in [1.82, 2.24) is 14.7 Å². The standard InChI is InChI=1S/C24H37N3O5/c1-8-12-25(7)20(29)17-16-10-11-24(32-16)18(17)21(30)27(15(3)14-28)19(24)22(31)26(13-9-2)23(4,5)6/h8-9,15-19,28H,1-2,10-14H2,3-7H3/t15-,16-,17+,18+,19?,24?/m1/s1. The average molecular weight is 448 g/mol. The fourth-order valence-electron chi connectivity index (χ4n) is 5.72. The number of carbonyl (C=O) groups excluding carboxylic acids is 3. The van der Waals surface area contributed by atoms with Gasteiger partial charge in [-0.2, -0.15) is 0 Å². The Morgan fingerprint density at radius 3 is 2.44 bits per heavy atom. The van der Waals surface area contributed by atoms with E-state index < -0.39 is 41.2 Å². The molecule has 0 radical (unpaired) electrons. The van der Waals surface area contributed by atoms with Gasteiger partial charge in [-0.25, -0.2) is 0 Å². The predicted molar refractivity (Wildman–Crippen MR) is 120 cm³/mol. The Kier molecular flexibility index (Phi) is 6.60. The van der Waals surface area contributed by atoms with Gasteiger partial charge in [0.1, 0.15) is 11.6 Å². The second-order valence-corrected chi connectivity index (χ2v) is 10.2. The van der Waals surface area contributed by atoms with Crippen LogP contribution in [0.2, 0.25) is 0 Å². The molecule has 1 N–H and O–H groups in total. The normalized spacial score (nSPS) is 31.9. The number of aliphatic hydroxyl groups excluding tert-OH is 1. The van der Waals surface area contributed by atoms with Crippen LogP contribution in [0.5, 0.6) is 0 Å². The molecule has 3 fully saturated rings. The monoisotopic (exact) mass is 447 g/mol. The maximum atomic E-state index is 14.0. The van der Waals surface area contributed by atoms with Gasteiger partial charge in [-0.05, 0) is 40.5 Å². The summed E-state index contributed by atoms with van der Waals surface area (Å²) in [5.41, 5.74) is -1.57. The lowest BCUT2D eigenvalue weighted by molar-refractivity contribution is -0.154. The lowest BCUT2D eigenvalue weighted by Crippen LogP contribution is -2.61. The molecule has 2 bridgehead atoms. The van der Waals surface area contributed by atoms with Gasteiger partial charge in [0.15, 0.2) is 0 Å². The largest absolute Gasteiger partial charge is 0.394 e. The zero-order valence-electron chi connectivity index (χ0n) is 19.9. The molecule has 3 aliphatic heterocycles. The Labute approximate surface area is 190 Å². The zero-order chi connectivity index (χ0) is 24.0. The van der Waals surface area contributed by atoms with E-state index in [1.165, 1.54) is 4.90 Å². The number of aliphatic hydroxyl groups is 1. The summed E-state index contributed by atoms with van der Waals surface area (Å²) in [5, 5.41) is 9.92. The van der Waals surface area contributed by atoms with E-state index in [4.69, 9.17) is 4.74 Å². The molecule has 0 aliphatic carbocycles. The molecule has 3 heterocycles. The molecule has 8 nitrogen and oxygen atoms in total. The average Bonchev–Trinajstić information content (AvgIpc) is 3.37. The van der Waals surface area contributed by atoms with Crippen LogP contribution >= 0.6 is 0 Å². The summed E-state index contributed by atoms with van der Waals surface area (Å²) >= 11 is 0. The number of ether oxygens (including phenoxy) is 1. The molecule has 0 aromatic rings. The third kappa shape index (κ3) is 3.57. The number of fused-ring (bicyclic) bond motifs is 1. The second kappa shape index (κ2) is 8.63. The number of carbonyl (C=O) groups is 3. The van der Waals surface area contributed by atoms with Crippen LogP contribution in [-0.4, -0.2) is 93.6 Å². The molecule has 0 saturated carbocycles. The van der Waals surface area contributed by atoms with Gasteiger partial charge in [-0.15, -0.1) is 13.2 Å². The van der Waals surface area contributed by atoms with Crippen LogP contribution in [0.15, 0.2) is 25.3 Å². The first-order chi connectivity index (χ1) is 15.0. The van der Waals surface area contributed by atoms with Crippen LogP contribution in [0.1, 0.15) is 40.5 Å². The van der Waals surface area contributed by atoms with Crippen LogP contribution in [-0.2, 0) is 19.1 Å². The van der Waals surface area contributed by atoms with Gasteiger partial charge in [0.05, 0.1) is 30.6 Å². The third-order valence-electron chi connectivity index (χ3n) is 7.16. The van der Waals surface area contributed by atoms with E-state index in [1.54, 1.807) is 35.9 Å². The van der Waals surface area contributed by atoms with Crippen molar-refractivity contribution >= 4 is 17.7 Å². The van der Waals surface area contributed by atoms with Crippen LogP contribution < -0.4 is 0 Å². The molecule has 2 unspecified atom stereocenters. The highest BCUT2D eigenvalue weighted by Gasteiger charge is 2.75. The highest BCUT2D eigenvalue weighted by molar-refractivity contribution is 5.99. The topological polar surface area (TPSA) is 90.4 Å². The molecule has 32 heavy (non-hydrogen) atoms. The summed E-state index contributed by atoms with van der Waals surface area (Å²) in [6.45, 7) is 15.4. The summed E-state index contributed by atoms with van der Waals surface area (Å²) in [6.07, 6.45) is 4.05. The molecular formula is C24H37N3O5. The number of likely N-dealkylation sites (N-methyl/N-ethyl adjacent to an activating group) is 1. The van der Waals surface area contributed by atoms with Crippen molar-refractivity contribution in [3.8, 4) is 0 Å². The van der Waals surface area contributed by atoms with Crippen LogP contribution in [0, 0.1) is 11.8 Å². The summed E-state index contributed by atoms with van der Waals surface area (Å²) in [4.78, 5) is 45.8. The van der Waals surface area contributed by atoms with Gasteiger partial charge < -0.3 is 24.5 Å². The van der Waals surface area contributed by atoms with Crippen molar-refractivity contribution in [3.63, 3.8) is 0 Å². The smallest absolute Gasteiger partial charge is 0.249 e. The Morgan fingerprint density at radius 1 is 1.28 bits per heavy atom. The van der Waals surface area contributed by atoms with Gasteiger partial charge in [0, 0.05) is 25.7 Å². The van der Waals surface area contributed by atoms with Crippen LogP contribution in [0.3, 0.4) is 0 Å². The van der Waals surface area contributed by atoms with Crippen LogP contribution in [0.4, 0.5) is 0 Å². The lowest BCUT2D eigenvalue weighted by atomic mass is 9.70. The molecule has 3 rings (SSSR count). The van der Waals surface area contributed by atoms with Crippen molar-refractivity contribution < 1.29 is 24.2 Å². The molecule has 178 valence electrons. The first-order valence-electron chi connectivity index (χ1n) is 11.3. The van der Waals surface area contributed by atoms with Gasteiger partial charge >= 0.3 is 0 Å². The molecule has 0 aromatic heterocycles. The highest BCUT2D eigenvalue weighted by atomic mass is 16.5. The fraction of sp³-hybridized carbons (Fsp3) is 0.708. The minimum absolute atomic E-state index is 0.168. The van der Waals surface area contributed by atoms with E-state index in [0.717, 1.165) is 0 Å². The van der Waals surface area contributed by atoms with Crippen molar-refractivity contribution in [1.29, 1.82) is 0 Å². The lowest BCUT2D eigenvalue weighted by Gasteiger charge is -2.43. The minimum Gasteiger partial charge on any atom is -0.394 e. The minimum atomic E-state index is -1.07. The zero-order valence-corrected chi connectivity index (χ0v) is 19.9. The van der Waals surface area contributed by atoms with E-state index in [9.17, 15) is 19.5 Å². The fourth-order valence-corrected chi connectivity index (χ4v) is 5.72. The van der Waals surface area contributed by atoms with E-state index in [2.05, 4.69) is 13.2 Å². The van der Waals surface area contributed by atoms with Gasteiger partial charge in [0.2, 0.25) is 17.7 Å². The molecule has 6 atom stereocenters. The quantitative estimate of drug-likeness (QED) is 0.565. The molecule has 3 saturated heterocycles. The molecule has 1 spiro atoms. The first kappa shape index (κ1) is 24.5. The van der Waals surface area contributed by atoms with E-state index >= 15 is 0 Å². The van der Waals surface area contributed by atoms with E-state index in [0.29, 0.717) is 25.9 Å². The first-order valence-corrected chi connectivity index (χ1v) is 11.3. The van der Waals surface area contributed by atoms with E-state index in [-0.39, 0.29) is 24.3 Å². The third-order valence-corrected chi connectivity index (χ3v) is 7.16. The number of hydrogen-bond acceptors (Lipinski definition) is 5. The second-order valence-electron chi connectivity index (χ2n) is 10.2. The highest BCUT2D eigenvalue weighted by Crippen LogP contribution is 2.59.